The second-order valence-corrected chi connectivity index (χ2v) is 8.19. The summed E-state index contributed by atoms with van der Waals surface area (Å²) in [6.45, 7) is 6.67. The molecule has 0 amide bonds. The van der Waals surface area contributed by atoms with Crippen LogP contribution in [-0.4, -0.2) is 67.6 Å². The third-order valence-corrected chi connectivity index (χ3v) is 5.38. The Morgan fingerprint density at radius 3 is 2.43 bits per heavy atom. The number of fused-ring (bicyclic) bond motifs is 1. The van der Waals surface area contributed by atoms with Crippen LogP contribution in [0.4, 0.5) is 10.3 Å². The molecular weight excluding hydrogens is 469 g/mol. The quantitative estimate of drug-likeness (QED) is 0.401. The Balaban J connectivity index is 2.14. The van der Waals surface area contributed by atoms with Gasteiger partial charge in [0, 0.05) is 20.8 Å². The Labute approximate surface area is 199 Å². The summed E-state index contributed by atoms with van der Waals surface area (Å²) in [4.78, 5) is 56.2. The summed E-state index contributed by atoms with van der Waals surface area (Å²) in [5.41, 5.74) is 5.23. The van der Waals surface area contributed by atoms with Gasteiger partial charge in [0.15, 0.2) is 24.2 Å². The number of rotatable bonds is 8. The number of nitrogen functional groups attached to an aromatic ring is 1. The third-order valence-electron chi connectivity index (χ3n) is 5.38. The summed E-state index contributed by atoms with van der Waals surface area (Å²) in [5.74, 6) is -2.16. The van der Waals surface area contributed by atoms with E-state index >= 15 is 4.39 Å². The van der Waals surface area contributed by atoms with Crippen LogP contribution in [0.5, 0.6) is 0 Å². The molecule has 14 heteroatoms. The van der Waals surface area contributed by atoms with Gasteiger partial charge in [-0.3, -0.25) is 19.0 Å². The summed E-state index contributed by atoms with van der Waals surface area (Å²) in [6, 6.07) is 0. The number of carbonyl (C=O) groups excluding carboxylic acids is 3. The number of anilines is 1. The summed E-state index contributed by atoms with van der Waals surface area (Å²) in [6.07, 6.45) is -6.48. The molecule has 13 nitrogen and oxygen atoms in total. The van der Waals surface area contributed by atoms with Gasteiger partial charge in [0.25, 0.3) is 0 Å². The zero-order chi connectivity index (χ0) is 26.0. The highest BCUT2D eigenvalue weighted by molar-refractivity contribution is 5.72. The van der Waals surface area contributed by atoms with E-state index < -0.39 is 60.4 Å². The maximum atomic E-state index is 15.6. The molecule has 0 spiro atoms. The molecule has 0 saturated carbocycles. The predicted octanol–water partition coefficient (Wildman–Crippen LogP) is 0.636. The molecule has 1 fully saturated rings. The lowest BCUT2D eigenvalue weighted by molar-refractivity contribution is -0.159. The topological polar surface area (TPSA) is 167 Å². The molecular formula is C21H28FN5O8. The van der Waals surface area contributed by atoms with E-state index in [9.17, 15) is 19.2 Å². The van der Waals surface area contributed by atoms with Crippen LogP contribution in [0.2, 0.25) is 0 Å². The molecule has 2 N–H and O–H groups in total. The van der Waals surface area contributed by atoms with Gasteiger partial charge in [0.1, 0.15) is 23.8 Å². The number of hydrogen-bond donors (Lipinski definition) is 1. The fourth-order valence-electron chi connectivity index (χ4n) is 4.12. The van der Waals surface area contributed by atoms with E-state index in [1.54, 1.807) is 13.8 Å². The first-order valence-corrected chi connectivity index (χ1v) is 11.0. The molecule has 1 unspecified atom stereocenters. The van der Waals surface area contributed by atoms with Crippen molar-refractivity contribution in [2.45, 2.75) is 84.4 Å². The maximum Gasteiger partial charge on any atom is 0.332 e. The Kier molecular flexibility index (Phi) is 7.73. The van der Waals surface area contributed by atoms with Gasteiger partial charge in [-0.2, -0.15) is 4.98 Å². The average molecular weight is 497 g/mol. The van der Waals surface area contributed by atoms with Crippen LogP contribution in [0, 0.1) is 0 Å². The van der Waals surface area contributed by atoms with Crippen LogP contribution < -0.4 is 11.4 Å². The lowest BCUT2D eigenvalue weighted by Crippen LogP contribution is -2.40. The summed E-state index contributed by atoms with van der Waals surface area (Å²) in [7, 11) is 0. The Morgan fingerprint density at radius 2 is 1.86 bits per heavy atom. The average Bonchev–Trinajstić information content (AvgIpc) is 3.19. The van der Waals surface area contributed by atoms with Gasteiger partial charge in [-0.1, -0.05) is 6.92 Å². The number of hydrogen-bond acceptors (Lipinski definition) is 11. The van der Waals surface area contributed by atoms with Gasteiger partial charge < -0.3 is 24.7 Å². The molecule has 192 valence electrons. The number of imidazole rings is 1. The fraction of sp³-hybridized carbons (Fsp3) is 0.619. The smallest absolute Gasteiger partial charge is 0.332 e. The zero-order valence-electron chi connectivity index (χ0n) is 20.0. The second-order valence-electron chi connectivity index (χ2n) is 8.19. The van der Waals surface area contributed by atoms with Crippen LogP contribution in [0.1, 0.15) is 47.3 Å². The zero-order valence-corrected chi connectivity index (χ0v) is 20.0. The molecule has 0 aromatic carbocycles. The van der Waals surface area contributed by atoms with Gasteiger partial charge in [-0.05, 0) is 13.3 Å². The summed E-state index contributed by atoms with van der Waals surface area (Å²) >= 11 is 0. The van der Waals surface area contributed by atoms with Gasteiger partial charge >= 0.3 is 23.6 Å². The molecule has 2 aromatic heterocycles. The maximum absolute atomic E-state index is 15.6. The molecule has 1 saturated heterocycles. The number of halogens is 1. The van der Waals surface area contributed by atoms with Gasteiger partial charge in [0.2, 0.25) is 5.95 Å². The van der Waals surface area contributed by atoms with E-state index in [1.165, 1.54) is 24.6 Å². The lowest BCUT2D eigenvalue weighted by Gasteiger charge is -2.23. The van der Waals surface area contributed by atoms with E-state index in [2.05, 4.69) is 9.97 Å². The van der Waals surface area contributed by atoms with Crippen molar-refractivity contribution in [1.82, 2.24) is 19.1 Å². The number of aromatic nitrogens is 4. The molecule has 0 aliphatic carbocycles. The minimum Gasteiger partial charge on any atom is -0.461 e. The molecule has 1 aliphatic heterocycles. The predicted molar refractivity (Wildman–Crippen MR) is 118 cm³/mol. The molecule has 0 radical (unpaired) electrons. The first kappa shape index (κ1) is 26.1. The van der Waals surface area contributed by atoms with Crippen molar-refractivity contribution in [2.75, 3.05) is 5.73 Å². The van der Waals surface area contributed by atoms with Crippen LogP contribution >= 0.6 is 0 Å². The molecule has 3 heterocycles. The molecule has 35 heavy (non-hydrogen) atoms. The van der Waals surface area contributed by atoms with Gasteiger partial charge in [-0.25, -0.2) is 18.7 Å². The minimum atomic E-state index is -1.93. The standard InChI is InChI=1S/C21H28FN5O8/c1-6-14(33-11(4)29)16-15(22)17(34-12(5)30)19(35-16)27-18-13(7-24-20(23)25-18)26(21(27)31)8-9(2)32-10(3)28/h7,9,14-17,19H,6,8H2,1-5H3,(H2,23,24,25)/t9?,14-,15-,16+,17+,19+/m0/s1. The van der Waals surface area contributed by atoms with Crippen LogP contribution in [0.15, 0.2) is 11.0 Å². The van der Waals surface area contributed by atoms with Gasteiger partial charge in [-0.15, -0.1) is 0 Å². The fourth-order valence-corrected chi connectivity index (χ4v) is 4.12. The first-order valence-electron chi connectivity index (χ1n) is 11.0. The summed E-state index contributed by atoms with van der Waals surface area (Å²) < 4.78 is 39.2. The number of nitrogens with zero attached hydrogens (tertiary/aromatic N) is 4. The van der Waals surface area contributed by atoms with Crippen molar-refractivity contribution >= 4 is 35.0 Å². The number of ether oxygens (including phenoxy) is 4. The normalized spacial score (nSPS) is 23.6. The van der Waals surface area contributed by atoms with Crippen molar-refractivity contribution in [2.24, 2.45) is 0 Å². The highest BCUT2D eigenvalue weighted by Gasteiger charge is 2.53. The highest BCUT2D eigenvalue weighted by atomic mass is 19.1. The number of alkyl halides is 1. The SMILES string of the molecule is CC[C@H](OC(C)=O)[C@H]1O[C@@H](n2c(=O)n(CC(C)OC(C)=O)c3cnc(N)nc32)[C@H](OC(C)=O)[C@H]1F. The monoisotopic (exact) mass is 497 g/mol. The van der Waals surface area contributed by atoms with Gasteiger partial charge in [0.05, 0.1) is 12.7 Å². The Bertz CT molecular complexity index is 1180. The second kappa shape index (κ2) is 10.4. The Morgan fingerprint density at radius 1 is 1.20 bits per heavy atom. The highest BCUT2D eigenvalue weighted by Crippen LogP contribution is 2.37. The van der Waals surface area contributed by atoms with E-state index in [0.29, 0.717) is 0 Å². The number of nitrogens with two attached hydrogens (primary N) is 1. The van der Waals surface area contributed by atoms with Crippen LogP contribution in [0.3, 0.4) is 0 Å². The molecule has 0 bridgehead atoms. The molecule has 3 rings (SSSR count). The van der Waals surface area contributed by atoms with Crippen molar-refractivity contribution < 1.29 is 37.7 Å². The van der Waals surface area contributed by atoms with E-state index in [-0.39, 0.29) is 30.1 Å². The van der Waals surface area contributed by atoms with E-state index in [4.69, 9.17) is 24.7 Å². The first-order chi connectivity index (χ1) is 16.4. The molecule has 2 aromatic rings. The number of carbonyl (C=O) groups is 3. The Hall–Kier alpha value is -3.55. The van der Waals surface area contributed by atoms with Crippen molar-refractivity contribution in [1.29, 1.82) is 0 Å². The minimum absolute atomic E-state index is 0.00642. The van der Waals surface area contributed by atoms with Crippen LogP contribution in [0.25, 0.3) is 11.2 Å². The molecule has 1 aliphatic rings. The largest absolute Gasteiger partial charge is 0.461 e. The third kappa shape index (κ3) is 5.42. The van der Waals surface area contributed by atoms with Crippen molar-refractivity contribution in [3.05, 3.63) is 16.7 Å². The summed E-state index contributed by atoms with van der Waals surface area (Å²) in [5, 5.41) is 0. The molecule has 6 atom stereocenters. The van der Waals surface area contributed by atoms with Crippen molar-refractivity contribution in [3.8, 4) is 0 Å². The van der Waals surface area contributed by atoms with Crippen LogP contribution in [-0.2, 0) is 39.9 Å². The van der Waals surface area contributed by atoms with E-state index in [0.717, 1.165) is 11.5 Å². The van der Waals surface area contributed by atoms with Crippen molar-refractivity contribution in [3.63, 3.8) is 0 Å². The number of esters is 3. The van der Waals surface area contributed by atoms with E-state index in [1.807, 2.05) is 0 Å². The lowest BCUT2D eigenvalue weighted by atomic mass is 10.0.